The first kappa shape index (κ1) is 9.53. The SMILES string of the molecule is CCc1ccc2c(c1)[C@H](O)CCCO2. The summed E-state index contributed by atoms with van der Waals surface area (Å²) in [6.45, 7) is 2.83. The Hall–Kier alpha value is -1.02. The van der Waals surface area contributed by atoms with E-state index < -0.39 is 0 Å². The molecule has 1 atom stereocenters. The number of hydrogen-bond donors (Lipinski definition) is 1. The molecule has 0 saturated carbocycles. The predicted molar refractivity (Wildman–Crippen MR) is 55.5 cm³/mol. The largest absolute Gasteiger partial charge is 0.493 e. The number of fused-ring (bicyclic) bond motifs is 1. The van der Waals surface area contributed by atoms with E-state index in [1.807, 2.05) is 6.07 Å². The molecule has 76 valence electrons. The monoisotopic (exact) mass is 192 g/mol. The van der Waals surface area contributed by atoms with Crippen molar-refractivity contribution in [2.45, 2.75) is 32.3 Å². The van der Waals surface area contributed by atoms with Gasteiger partial charge in [0.15, 0.2) is 0 Å². The van der Waals surface area contributed by atoms with Crippen LogP contribution < -0.4 is 4.74 Å². The number of benzene rings is 1. The van der Waals surface area contributed by atoms with Crippen LogP contribution in [0.3, 0.4) is 0 Å². The van der Waals surface area contributed by atoms with Crippen LogP contribution in [0.4, 0.5) is 0 Å². The molecule has 0 spiro atoms. The second-order valence-electron chi connectivity index (χ2n) is 3.73. The van der Waals surface area contributed by atoms with Crippen LogP contribution in [0.2, 0.25) is 0 Å². The fraction of sp³-hybridized carbons (Fsp3) is 0.500. The van der Waals surface area contributed by atoms with Crippen molar-refractivity contribution >= 4 is 0 Å². The molecule has 1 aromatic rings. The third-order valence-corrected chi connectivity index (χ3v) is 2.72. The van der Waals surface area contributed by atoms with E-state index in [2.05, 4.69) is 19.1 Å². The Labute approximate surface area is 84.5 Å². The lowest BCUT2D eigenvalue weighted by Gasteiger charge is -2.11. The van der Waals surface area contributed by atoms with Gasteiger partial charge in [-0.3, -0.25) is 0 Å². The summed E-state index contributed by atoms with van der Waals surface area (Å²) in [6.07, 6.45) is 2.39. The molecule has 1 heterocycles. The van der Waals surface area contributed by atoms with Crippen molar-refractivity contribution in [3.05, 3.63) is 29.3 Å². The van der Waals surface area contributed by atoms with Crippen LogP contribution in [0, 0.1) is 0 Å². The molecule has 14 heavy (non-hydrogen) atoms. The van der Waals surface area contributed by atoms with Gasteiger partial charge in [0, 0.05) is 5.56 Å². The Balaban J connectivity index is 2.39. The van der Waals surface area contributed by atoms with Gasteiger partial charge in [0.25, 0.3) is 0 Å². The normalized spacial score (nSPS) is 20.9. The molecule has 0 amide bonds. The van der Waals surface area contributed by atoms with Crippen LogP contribution in [-0.4, -0.2) is 11.7 Å². The van der Waals surface area contributed by atoms with E-state index in [0.29, 0.717) is 0 Å². The lowest BCUT2D eigenvalue weighted by molar-refractivity contribution is 0.167. The minimum absolute atomic E-state index is 0.348. The first-order chi connectivity index (χ1) is 6.81. The highest BCUT2D eigenvalue weighted by molar-refractivity contribution is 5.39. The zero-order valence-corrected chi connectivity index (χ0v) is 8.49. The summed E-state index contributed by atoms with van der Waals surface area (Å²) in [6, 6.07) is 6.10. The van der Waals surface area contributed by atoms with Gasteiger partial charge < -0.3 is 9.84 Å². The van der Waals surface area contributed by atoms with E-state index in [9.17, 15) is 5.11 Å². The molecule has 1 aromatic carbocycles. The Morgan fingerprint density at radius 2 is 2.36 bits per heavy atom. The van der Waals surface area contributed by atoms with Gasteiger partial charge in [0.1, 0.15) is 5.75 Å². The van der Waals surface area contributed by atoms with Gasteiger partial charge in [-0.05, 0) is 37.0 Å². The summed E-state index contributed by atoms with van der Waals surface area (Å²) in [4.78, 5) is 0. The van der Waals surface area contributed by atoms with E-state index in [1.165, 1.54) is 5.56 Å². The van der Waals surface area contributed by atoms with Gasteiger partial charge in [0.05, 0.1) is 12.7 Å². The van der Waals surface area contributed by atoms with Crippen molar-refractivity contribution in [3.63, 3.8) is 0 Å². The first-order valence-corrected chi connectivity index (χ1v) is 5.25. The second kappa shape index (κ2) is 4.01. The molecule has 1 aliphatic rings. The van der Waals surface area contributed by atoms with Crippen LogP contribution in [0.1, 0.15) is 37.0 Å². The number of aliphatic hydroxyl groups excluding tert-OH is 1. The topological polar surface area (TPSA) is 29.5 Å². The second-order valence-corrected chi connectivity index (χ2v) is 3.73. The molecule has 2 rings (SSSR count). The lowest BCUT2D eigenvalue weighted by atomic mass is 10.0. The Morgan fingerprint density at radius 1 is 1.50 bits per heavy atom. The van der Waals surface area contributed by atoms with Crippen molar-refractivity contribution in [2.24, 2.45) is 0 Å². The van der Waals surface area contributed by atoms with Gasteiger partial charge in [-0.2, -0.15) is 0 Å². The molecule has 2 heteroatoms. The quantitative estimate of drug-likeness (QED) is 0.740. The van der Waals surface area contributed by atoms with Gasteiger partial charge >= 0.3 is 0 Å². The fourth-order valence-corrected chi connectivity index (χ4v) is 1.82. The molecule has 0 aliphatic carbocycles. The predicted octanol–water partition coefficient (Wildman–Crippen LogP) is 2.46. The summed E-state index contributed by atoms with van der Waals surface area (Å²) in [5.41, 5.74) is 2.22. The number of ether oxygens (including phenoxy) is 1. The van der Waals surface area contributed by atoms with E-state index in [0.717, 1.165) is 37.2 Å². The van der Waals surface area contributed by atoms with Gasteiger partial charge in [-0.25, -0.2) is 0 Å². The number of aliphatic hydroxyl groups is 1. The summed E-state index contributed by atoms with van der Waals surface area (Å²) in [7, 11) is 0. The van der Waals surface area contributed by atoms with Crippen molar-refractivity contribution in [2.75, 3.05) is 6.61 Å². The van der Waals surface area contributed by atoms with Crippen LogP contribution in [-0.2, 0) is 6.42 Å². The lowest BCUT2D eigenvalue weighted by Crippen LogP contribution is -1.97. The summed E-state index contributed by atoms with van der Waals surface area (Å²) in [5.74, 6) is 0.854. The van der Waals surface area contributed by atoms with Crippen LogP contribution >= 0.6 is 0 Å². The maximum absolute atomic E-state index is 9.88. The maximum Gasteiger partial charge on any atom is 0.125 e. The highest BCUT2D eigenvalue weighted by Gasteiger charge is 2.17. The highest BCUT2D eigenvalue weighted by Crippen LogP contribution is 2.32. The average molecular weight is 192 g/mol. The maximum atomic E-state index is 9.88. The Morgan fingerprint density at radius 3 is 3.14 bits per heavy atom. The van der Waals surface area contributed by atoms with Crippen molar-refractivity contribution in [3.8, 4) is 5.75 Å². The molecule has 2 nitrogen and oxygen atoms in total. The van der Waals surface area contributed by atoms with Gasteiger partial charge in [0.2, 0.25) is 0 Å². The molecule has 0 fully saturated rings. The van der Waals surface area contributed by atoms with Crippen molar-refractivity contribution < 1.29 is 9.84 Å². The Kier molecular flexibility index (Phi) is 2.73. The number of hydrogen-bond acceptors (Lipinski definition) is 2. The minimum atomic E-state index is -0.348. The molecule has 1 aliphatic heterocycles. The zero-order chi connectivity index (χ0) is 9.97. The first-order valence-electron chi connectivity index (χ1n) is 5.25. The van der Waals surface area contributed by atoms with Crippen LogP contribution in [0.5, 0.6) is 5.75 Å². The van der Waals surface area contributed by atoms with E-state index >= 15 is 0 Å². The number of aryl methyl sites for hydroxylation is 1. The average Bonchev–Trinajstić information content (AvgIpc) is 2.40. The molecule has 0 bridgehead atoms. The van der Waals surface area contributed by atoms with E-state index in [-0.39, 0.29) is 6.10 Å². The van der Waals surface area contributed by atoms with E-state index in [1.54, 1.807) is 0 Å². The van der Waals surface area contributed by atoms with Crippen LogP contribution in [0.25, 0.3) is 0 Å². The standard InChI is InChI=1S/C12H16O2/c1-2-9-5-6-12-10(8-9)11(13)4-3-7-14-12/h5-6,8,11,13H,2-4,7H2,1H3/t11-/m1/s1. The molecule has 1 N–H and O–H groups in total. The third-order valence-electron chi connectivity index (χ3n) is 2.72. The summed E-state index contributed by atoms with van der Waals surface area (Å²) >= 11 is 0. The molecular weight excluding hydrogens is 176 g/mol. The summed E-state index contributed by atoms with van der Waals surface area (Å²) in [5, 5.41) is 9.88. The molecule has 0 aromatic heterocycles. The minimum Gasteiger partial charge on any atom is -0.493 e. The van der Waals surface area contributed by atoms with Crippen LogP contribution in [0.15, 0.2) is 18.2 Å². The number of rotatable bonds is 1. The fourth-order valence-electron chi connectivity index (χ4n) is 1.82. The summed E-state index contributed by atoms with van der Waals surface area (Å²) < 4.78 is 5.56. The molecule has 0 radical (unpaired) electrons. The molecule has 0 saturated heterocycles. The smallest absolute Gasteiger partial charge is 0.125 e. The molecule has 0 unspecified atom stereocenters. The van der Waals surface area contributed by atoms with Gasteiger partial charge in [-0.15, -0.1) is 0 Å². The Bertz CT molecular complexity index is 320. The van der Waals surface area contributed by atoms with Crippen molar-refractivity contribution in [1.29, 1.82) is 0 Å². The van der Waals surface area contributed by atoms with Gasteiger partial charge in [-0.1, -0.05) is 13.0 Å². The zero-order valence-electron chi connectivity index (χ0n) is 8.49. The highest BCUT2D eigenvalue weighted by atomic mass is 16.5. The van der Waals surface area contributed by atoms with E-state index in [4.69, 9.17) is 4.74 Å². The third kappa shape index (κ3) is 1.75. The molecular formula is C12H16O2. The van der Waals surface area contributed by atoms with Crippen molar-refractivity contribution in [1.82, 2.24) is 0 Å².